The van der Waals surface area contributed by atoms with E-state index >= 15 is 0 Å². The molecule has 0 fully saturated rings. The number of methoxy groups -OCH3 is 1. The van der Waals surface area contributed by atoms with Gasteiger partial charge in [-0.25, -0.2) is 8.42 Å². The van der Waals surface area contributed by atoms with Gasteiger partial charge in [0.1, 0.15) is 6.04 Å². The van der Waals surface area contributed by atoms with Crippen LogP contribution in [-0.4, -0.2) is 43.8 Å². The topological polar surface area (TPSA) is 97.6 Å². The van der Waals surface area contributed by atoms with Crippen LogP contribution in [0.3, 0.4) is 0 Å². The Bertz CT molecular complexity index is 523. The highest BCUT2D eigenvalue weighted by atomic mass is 32.2. The number of aliphatic carboxylic acids is 1. The molecule has 0 aromatic carbocycles. The number of aromatic nitrogens is 1. The predicted octanol–water partition coefficient (Wildman–Crippen LogP) is 0.183. The third kappa shape index (κ3) is 4.66. The predicted molar refractivity (Wildman–Crippen MR) is 68.3 cm³/mol. The number of carboxylic acid groups (broad SMARTS) is 1. The number of hydrogen-bond acceptors (Lipinski definition) is 4. The molecule has 0 bridgehead atoms. The van der Waals surface area contributed by atoms with Gasteiger partial charge in [-0.1, -0.05) is 0 Å². The zero-order valence-corrected chi connectivity index (χ0v) is 11.7. The Balaban J connectivity index is 2.75. The number of ether oxygens (including phenoxy) is 1. The van der Waals surface area contributed by atoms with Gasteiger partial charge in [-0.05, 0) is 18.9 Å². The molecule has 0 aliphatic carbocycles. The fourth-order valence-electron chi connectivity index (χ4n) is 1.56. The van der Waals surface area contributed by atoms with Crippen molar-refractivity contribution in [2.45, 2.75) is 23.8 Å². The van der Waals surface area contributed by atoms with Gasteiger partial charge in [-0.2, -0.15) is 4.72 Å². The number of carbonyl (C=O) groups is 1. The number of aryl methyl sites for hydroxylation is 1. The van der Waals surface area contributed by atoms with E-state index in [2.05, 4.69) is 4.72 Å². The molecule has 0 aliphatic heterocycles. The number of rotatable bonds is 8. The largest absolute Gasteiger partial charge is 0.480 e. The summed E-state index contributed by atoms with van der Waals surface area (Å²) in [6.45, 7) is 0.386. The number of carboxylic acids is 1. The van der Waals surface area contributed by atoms with E-state index in [-0.39, 0.29) is 11.3 Å². The van der Waals surface area contributed by atoms with Crippen LogP contribution in [-0.2, 0) is 26.6 Å². The van der Waals surface area contributed by atoms with Gasteiger partial charge in [0.25, 0.3) is 0 Å². The Morgan fingerprint density at radius 3 is 2.74 bits per heavy atom. The Hall–Kier alpha value is -1.38. The van der Waals surface area contributed by atoms with Crippen LogP contribution in [0.2, 0.25) is 0 Å². The van der Waals surface area contributed by atoms with Crippen molar-refractivity contribution < 1.29 is 23.1 Å². The molecule has 1 aromatic rings. The minimum Gasteiger partial charge on any atom is -0.480 e. The third-order valence-electron chi connectivity index (χ3n) is 2.55. The summed E-state index contributed by atoms with van der Waals surface area (Å²) >= 11 is 0. The molecule has 0 saturated heterocycles. The van der Waals surface area contributed by atoms with Crippen LogP contribution in [0.5, 0.6) is 0 Å². The first-order valence-electron chi connectivity index (χ1n) is 5.73. The van der Waals surface area contributed by atoms with E-state index in [4.69, 9.17) is 9.84 Å². The van der Waals surface area contributed by atoms with Crippen molar-refractivity contribution in [3.05, 3.63) is 18.5 Å². The van der Waals surface area contributed by atoms with Crippen molar-refractivity contribution in [2.75, 3.05) is 13.7 Å². The SMILES string of the molecule is COCCCC(NS(=O)(=O)c1ccn(C)c1)C(=O)O. The highest BCUT2D eigenvalue weighted by molar-refractivity contribution is 7.89. The smallest absolute Gasteiger partial charge is 0.321 e. The number of nitrogens with one attached hydrogen (secondary N) is 1. The maximum atomic E-state index is 12.0. The van der Waals surface area contributed by atoms with E-state index in [1.54, 1.807) is 17.8 Å². The maximum absolute atomic E-state index is 12.0. The van der Waals surface area contributed by atoms with E-state index in [9.17, 15) is 13.2 Å². The molecule has 1 unspecified atom stereocenters. The minimum absolute atomic E-state index is 0.0491. The second-order valence-corrected chi connectivity index (χ2v) is 5.87. The fourth-order valence-corrected chi connectivity index (χ4v) is 2.83. The summed E-state index contributed by atoms with van der Waals surface area (Å²) in [5.41, 5.74) is 0. The van der Waals surface area contributed by atoms with Crippen molar-refractivity contribution >= 4 is 16.0 Å². The lowest BCUT2D eigenvalue weighted by Gasteiger charge is -2.13. The molecule has 7 nitrogen and oxygen atoms in total. The summed E-state index contributed by atoms with van der Waals surface area (Å²) in [6, 6.07) is 0.261. The van der Waals surface area contributed by atoms with Gasteiger partial charge < -0.3 is 14.4 Å². The zero-order valence-electron chi connectivity index (χ0n) is 10.9. The molecule has 1 aromatic heterocycles. The number of hydrogen-bond donors (Lipinski definition) is 2. The van der Waals surface area contributed by atoms with Crippen molar-refractivity contribution in [1.82, 2.24) is 9.29 Å². The standard InChI is InChI=1S/C11H18N2O5S/c1-13-6-5-9(8-13)19(16,17)12-10(11(14)15)4-3-7-18-2/h5-6,8,10,12H,3-4,7H2,1-2H3,(H,14,15). The molecule has 0 aliphatic rings. The van der Waals surface area contributed by atoms with Crippen LogP contribution in [0, 0.1) is 0 Å². The van der Waals surface area contributed by atoms with Gasteiger partial charge in [-0.3, -0.25) is 4.79 Å². The van der Waals surface area contributed by atoms with Crippen molar-refractivity contribution in [1.29, 1.82) is 0 Å². The van der Waals surface area contributed by atoms with E-state index < -0.39 is 22.0 Å². The molecule has 0 amide bonds. The lowest BCUT2D eigenvalue weighted by Crippen LogP contribution is -2.40. The Kier molecular flexibility index (Phi) is 5.52. The minimum atomic E-state index is -3.81. The first-order chi connectivity index (χ1) is 8.86. The monoisotopic (exact) mass is 290 g/mol. The average Bonchev–Trinajstić information content (AvgIpc) is 2.75. The van der Waals surface area contributed by atoms with Crippen molar-refractivity contribution in [3.8, 4) is 0 Å². The molecule has 19 heavy (non-hydrogen) atoms. The summed E-state index contributed by atoms with van der Waals surface area (Å²) in [5, 5.41) is 9.02. The molecule has 0 saturated carbocycles. The average molecular weight is 290 g/mol. The molecule has 108 valence electrons. The third-order valence-corrected chi connectivity index (χ3v) is 4.01. The second kappa shape index (κ2) is 6.69. The number of sulfonamides is 1. The Labute approximate surface area is 112 Å². The molecule has 0 radical (unpaired) electrons. The molecule has 1 heterocycles. The first kappa shape index (κ1) is 15.7. The van der Waals surface area contributed by atoms with E-state index in [1.807, 2.05) is 0 Å². The highest BCUT2D eigenvalue weighted by Gasteiger charge is 2.25. The molecular formula is C11H18N2O5S. The lowest BCUT2D eigenvalue weighted by molar-refractivity contribution is -0.139. The molecule has 8 heteroatoms. The van der Waals surface area contributed by atoms with Crippen LogP contribution >= 0.6 is 0 Å². The lowest BCUT2D eigenvalue weighted by atomic mass is 10.2. The van der Waals surface area contributed by atoms with Crippen LogP contribution in [0.25, 0.3) is 0 Å². The summed E-state index contributed by atoms with van der Waals surface area (Å²) in [4.78, 5) is 11.1. The highest BCUT2D eigenvalue weighted by Crippen LogP contribution is 2.10. The second-order valence-electron chi connectivity index (χ2n) is 4.16. The molecule has 2 N–H and O–H groups in total. The van der Waals surface area contributed by atoms with Gasteiger partial charge in [-0.15, -0.1) is 0 Å². The maximum Gasteiger partial charge on any atom is 0.321 e. The van der Waals surface area contributed by atoms with Crippen molar-refractivity contribution in [2.24, 2.45) is 7.05 Å². The van der Waals surface area contributed by atoms with Crippen LogP contribution in [0.4, 0.5) is 0 Å². The van der Waals surface area contributed by atoms with Gasteiger partial charge in [0.2, 0.25) is 10.0 Å². The Morgan fingerprint density at radius 2 is 2.26 bits per heavy atom. The molecule has 1 atom stereocenters. The fraction of sp³-hybridized carbons (Fsp3) is 0.545. The number of nitrogens with zero attached hydrogens (tertiary/aromatic N) is 1. The summed E-state index contributed by atoms with van der Waals surface area (Å²) in [5.74, 6) is -1.20. The van der Waals surface area contributed by atoms with Crippen molar-refractivity contribution in [3.63, 3.8) is 0 Å². The van der Waals surface area contributed by atoms with Gasteiger partial charge in [0.05, 0.1) is 4.90 Å². The van der Waals surface area contributed by atoms with Gasteiger partial charge in [0, 0.05) is 33.2 Å². The zero-order chi connectivity index (χ0) is 14.5. The summed E-state index contributed by atoms with van der Waals surface area (Å²) in [7, 11) is -0.623. The molecule has 0 spiro atoms. The van der Waals surface area contributed by atoms with Crippen LogP contribution < -0.4 is 4.72 Å². The van der Waals surface area contributed by atoms with Crippen LogP contribution in [0.15, 0.2) is 23.4 Å². The first-order valence-corrected chi connectivity index (χ1v) is 7.21. The quantitative estimate of drug-likeness (QED) is 0.666. The van der Waals surface area contributed by atoms with Gasteiger partial charge >= 0.3 is 5.97 Å². The molecule has 1 rings (SSSR count). The molecular weight excluding hydrogens is 272 g/mol. The summed E-state index contributed by atoms with van der Waals surface area (Å²) in [6.07, 6.45) is 3.63. The van der Waals surface area contributed by atoms with E-state index in [1.165, 1.54) is 19.4 Å². The summed E-state index contributed by atoms with van der Waals surface area (Å²) < 4.78 is 32.5. The normalized spacial score (nSPS) is 13.4. The van der Waals surface area contributed by atoms with E-state index in [0.29, 0.717) is 13.0 Å². The van der Waals surface area contributed by atoms with Gasteiger partial charge in [0.15, 0.2) is 0 Å². The van der Waals surface area contributed by atoms with Crippen LogP contribution in [0.1, 0.15) is 12.8 Å². The Morgan fingerprint density at radius 1 is 1.58 bits per heavy atom. The van der Waals surface area contributed by atoms with E-state index in [0.717, 1.165) is 0 Å².